The zero-order valence-corrected chi connectivity index (χ0v) is 15.6. The second kappa shape index (κ2) is 6.48. The Morgan fingerprint density at radius 1 is 1.00 bits per heavy atom. The maximum absolute atomic E-state index is 13.0. The van der Waals surface area contributed by atoms with Crippen molar-refractivity contribution in [2.24, 2.45) is 0 Å². The fraction of sp³-hybridized carbons (Fsp3) is 0.450. The Labute approximate surface area is 166 Å². The first-order valence-electron chi connectivity index (χ1n) is 9.69. The summed E-state index contributed by atoms with van der Waals surface area (Å²) >= 11 is 0. The fourth-order valence-corrected chi connectivity index (χ4v) is 4.52. The number of benzene rings is 1. The second-order valence-corrected chi connectivity index (χ2v) is 7.88. The number of rotatable bonds is 1. The van der Waals surface area contributed by atoms with Crippen molar-refractivity contribution in [2.45, 2.75) is 44.3 Å². The number of ketones is 1. The molecule has 4 heterocycles. The van der Waals surface area contributed by atoms with E-state index in [0.717, 1.165) is 10.5 Å². The van der Waals surface area contributed by atoms with Crippen LogP contribution in [0.25, 0.3) is 0 Å². The smallest absolute Gasteiger partial charge is 0.262 e. The van der Waals surface area contributed by atoms with Crippen LogP contribution in [0.3, 0.4) is 0 Å². The number of ether oxygens (including phenoxy) is 1. The van der Waals surface area contributed by atoms with E-state index in [4.69, 9.17) is 4.74 Å². The molecule has 4 aliphatic rings. The van der Waals surface area contributed by atoms with Gasteiger partial charge in [-0.2, -0.15) is 0 Å². The molecule has 2 saturated heterocycles. The zero-order chi connectivity index (χ0) is 20.3. The minimum absolute atomic E-state index is 0.00939. The van der Waals surface area contributed by atoms with Gasteiger partial charge in [-0.15, -0.1) is 0 Å². The number of hydrogen-bond acceptors (Lipinski definition) is 7. The number of hydrogen-bond donors (Lipinski definition) is 1. The van der Waals surface area contributed by atoms with Crippen LogP contribution in [0.1, 0.15) is 52.0 Å². The molecular formula is C20H19N3O6. The lowest BCUT2D eigenvalue weighted by Gasteiger charge is -2.32. The van der Waals surface area contributed by atoms with Crippen molar-refractivity contribution in [3.05, 3.63) is 28.8 Å². The summed E-state index contributed by atoms with van der Waals surface area (Å²) in [6.07, 6.45) is 1.14. The molecular weight excluding hydrogens is 378 g/mol. The highest BCUT2D eigenvalue weighted by molar-refractivity contribution is 6.23. The molecule has 4 aliphatic heterocycles. The van der Waals surface area contributed by atoms with Crippen molar-refractivity contribution >= 4 is 29.4 Å². The van der Waals surface area contributed by atoms with Gasteiger partial charge in [0.15, 0.2) is 0 Å². The predicted molar refractivity (Wildman–Crippen MR) is 97.0 cm³/mol. The Morgan fingerprint density at radius 2 is 1.76 bits per heavy atom. The normalized spacial score (nSPS) is 27.0. The summed E-state index contributed by atoms with van der Waals surface area (Å²) in [5.41, 5.74) is 1.23. The molecule has 2 fully saturated rings. The number of nitrogens with zero attached hydrogens (tertiary/aromatic N) is 2. The highest BCUT2D eigenvalue weighted by Gasteiger charge is 2.45. The van der Waals surface area contributed by atoms with Crippen molar-refractivity contribution in [2.75, 3.05) is 13.2 Å². The van der Waals surface area contributed by atoms with E-state index in [1.807, 2.05) is 0 Å². The molecule has 150 valence electrons. The average Bonchev–Trinajstić information content (AvgIpc) is 2.82. The first-order chi connectivity index (χ1) is 13.9. The van der Waals surface area contributed by atoms with Crippen LogP contribution >= 0.6 is 0 Å². The molecule has 0 bridgehead atoms. The molecule has 29 heavy (non-hydrogen) atoms. The molecule has 9 nitrogen and oxygen atoms in total. The third-order valence-corrected chi connectivity index (χ3v) is 6.08. The van der Waals surface area contributed by atoms with Crippen LogP contribution in [-0.2, 0) is 20.9 Å². The number of nitrogens with one attached hydrogen (secondary N) is 1. The van der Waals surface area contributed by atoms with E-state index in [9.17, 15) is 24.0 Å². The number of carbonyl (C=O) groups is 5. The predicted octanol–water partition coefficient (Wildman–Crippen LogP) is 0.0137. The summed E-state index contributed by atoms with van der Waals surface area (Å²) < 4.78 is 5.89. The summed E-state index contributed by atoms with van der Waals surface area (Å²) in [5, 5.41) is 2.19. The summed E-state index contributed by atoms with van der Waals surface area (Å²) in [7, 11) is 0. The number of amides is 4. The summed E-state index contributed by atoms with van der Waals surface area (Å²) in [6.45, 7) is 1.51. The van der Waals surface area contributed by atoms with Gasteiger partial charge in [-0.3, -0.25) is 39.1 Å². The topological polar surface area (TPSA) is 113 Å². The molecule has 1 aromatic carbocycles. The SMILES string of the molecule is O=C1CCN2Cc3cc4c(cc3OC[C@@H]2C1)C(=O)N(C1CCC(=O)NC1=O)C4=O. The van der Waals surface area contributed by atoms with Gasteiger partial charge in [0.25, 0.3) is 11.8 Å². The van der Waals surface area contributed by atoms with E-state index < -0.39 is 29.7 Å². The lowest BCUT2D eigenvalue weighted by Crippen LogP contribution is -2.54. The fourth-order valence-electron chi connectivity index (χ4n) is 4.52. The molecule has 0 aliphatic carbocycles. The average molecular weight is 397 g/mol. The third-order valence-electron chi connectivity index (χ3n) is 6.08. The zero-order valence-electron chi connectivity index (χ0n) is 15.6. The monoisotopic (exact) mass is 397 g/mol. The number of imide groups is 2. The van der Waals surface area contributed by atoms with E-state index in [0.29, 0.717) is 38.3 Å². The second-order valence-electron chi connectivity index (χ2n) is 7.88. The molecule has 1 N–H and O–H groups in total. The van der Waals surface area contributed by atoms with Crippen molar-refractivity contribution in [1.82, 2.24) is 15.1 Å². The van der Waals surface area contributed by atoms with Crippen molar-refractivity contribution in [3.8, 4) is 5.75 Å². The van der Waals surface area contributed by atoms with Gasteiger partial charge in [-0.05, 0) is 18.6 Å². The van der Waals surface area contributed by atoms with Gasteiger partial charge < -0.3 is 4.74 Å². The minimum atomic E-state index is -0.988. The number of carbonyl (C=O) groups excluding carboxylic acids is 5. The van der Waals surface area contributed by atoms with E-state index >= 15 is 0 Å². The van der Waals surface area contributed by atoms with E-state index in [1.165, 1.54) is 0 Å². The molecule has 0 radical (unpaired) electrons. The summed E-state index contributed by atoms with van der Waals surface area (Å²) in [5.74, 6) is -1.38. The largest absolute Gasteiger partial charge is 0.492 e. The molecule has 1 unspecified atom stereocenters. The molecule has 4 amide bonds. The molecule has 2 atom stereocenters. The maximum Gasteiger partial charge on any atom is 0.262 e. The quantitative estimate of drug-likeness (QED) is 0.665. The van der Waals surface area contributed by atoms with E-state index in [2.05, 4.69) is 10.2 Å². The van der Waals surface area contributed by atoms with Crippen LogP contribution in [0, 0.1) is 0 Å². The first kappa shape index (κ1) is 18.0. The highest BCUT2D eigenvalue weighted by atomic mass is 16.5. The first-order valence-corrected chi connectivity index (χ1v) is 9.69. The van der Waals surface area contributed by atoms with Gasteiger partial charge in [-0.1, -0.05) is 0 Å². The minimum Gasteiger partial charge on any atom is -0.492 e. The van der Waals surface area contributed by atoms with Crippen LogP contribution in [-0.4, -0.2) is 64.4 Å². The van der Waals surface area contributed by atoms with Crippen LogP contribution in [0.5, 0.6) is 5.75 Å². The van der Waals surface area contributed by atoms with Crippen LogP contribution in [0.2, 0.25) is 0 Å². The van der Waals surface area contributed by atoms with Gasteiger partial charge in [0.05, 0.1) is 17.2 Å². The maximum atomic E-state index is 13.0. The number of piperidine rings is 2. The lowest BCUT2D eigenvalue weighted by atomic mass is 10.00. The summed E-state index contributed by atoms with van der Waals surface area (Å²) in [4.78, 5) is 64.4. The summed E-state index contributed by atoms with van der Waals surface area (Å²) in [6, 6.07) is 2.23. The van der Waals surface area contributed by atoms with Gasteiger partial charge in [0.1, 0.15) is 24.2 Å². The Morgan fingerprint density at radius 3 is 2.52 bits per heavy atom. The number of Topliss-reactive ketones (excluding diaryl/α,β-unsaturated/α-hetero) is 1. The third kappa shape index (κ3) is 2.84. The van der Waals surface area contributed by atoms with Crippen LogP contribution < -0.4 is 10.1 Å². The molecule has 1 aromatic rings. The van der Waals surface area contributed by atoms with Gasteiger partial charge in [0, 0.05) is 37.9 Å². The molecule has 0 spiro atoms. The molecule has 0 saturated carbocycles. The van der Waals surface area contributed by atoms with E-state index in [-0.39, 0.29) is 35.8 Å². The Bertz CT molecular complexity index is 987. The Hall–Kier alpha value is -3.07. The highest BCUT2D eigenvalue weighted by Crippen LogP contribution is 2.35. The molecule has 0 aromatic heterocycles. The molecule has 5 rings (SSSR count). The van der Waals surface area contributed by atoms with Crippen molar-refractivity contribution < 1.29 is 28.7 Å². The van der Waals surface area contributed by atoms with Crippen LogP contribution in [0.15, 0.2) is 12.1 Å². The Kier molecular flexibility index (Phi) is 4.02. The Balaban J connectivity index is 1.46. The van der Waals surface area contributed by atoms with Gasteiger partial charge in [-0.25, -0.2) is 0 Å². The standard InChI is InChI=1S/C20H19N3O6/c24-12-3-4-22-8-10-5-13-14(7-16(10)29-9-11(22)6-12)20(28)23(19(13)27)15-1-2-17(25)21-18(15)26/h5,7,11,15H,1-4,6,8-9H2,(H,21,25,26)/t11-,15?/m0/s1. The lowest BCUT2D eigenvalue weighted by molar-refractivity contribution is -0.136. The van der Waals surface area contributed by atoms with E-state index in [1.54, 1.807) is 12.1 Å². The number of fused-ring (bicyclic) bond motifs is 3. The van der Waals surface area contributed by atoms with Gasteiger partial charge >= 0.3 is 0 Å². The van der Waals surface area contributed by atoms with Crippen molar-refractivity contribution in [1.29, 1.82) is 0 Å². The van der Waals surface area contributed by atoms with Gasteiger partial charge in [0.2, 0.25) is 11.8 Å². The van der Waals surface area contributed by atoms with Crippen molar-refractivity contribution in [3.63, 3.8) is 0 Å². The molecule has 9 heteroatoms. The van der Waals surface area contributed by atoms with Crippen LogP contribution in [0.4, 0.5) is 0 Å².